The number of aliphatic hydroxyl groups excluding tert-OH is 1. The molecule has 0 aromatic heterocycles. The fourth-order valence-electron chi connectivity index (χ4n) is 9.10. The molecule has 4 fully saturated rings. The van der Waals surface area contributed by atoms with Crippen molar-refractivity contribution >= 4 is 35.1 Å². The van der Waals surface area contributed by atoms with Gasteiger partial charge in [-0.1, -0.05) is 12.1 Å². The molecule has 4 heterocycles. The fraction of sp³-hybridized carbons (Fsp3) is 0.526. The maximum atomic E-state index is 14.0. The van der Waals surface area contributed by atoms with Crippen LogP contribution in [0.25, 0.3) is 0 Å². The Bertz CT molecular complexity index is 2070. The zero-order chi connectivity index (χ0) is 40.7. The van der Waals surface area contributed by atoms with E-state index in [1.54, 1.807) is 11.8 Å². The summed E-state index contributed by atoms with van der Waals surface area (Å²) < 4.78 is 30.3. The number of carbonyl (C=O) groups excluding carboxylic acids is 6. The molecule has 0 radical (unpaired) electrons. The topological polar surface area (TPSA) is 248 Å². The van der Waals surface area contributed by atoms with Crippen LogP contribution in [0.15, 0.2) is 18.2 Å². The minimum absolute atomic E-state index is 0.0407. The number of carbonyl (C=O) groups is 6. The number of nitrogens with zero attached hydrogens (tertiary/aromatic N) is 3. The van der Waals surface area contributed by atoms with Crippen LogP contribution in [0.4, 0.5) is 0 Å². The quantitative estimate of drug-likeness (QED) is 0.159. The highest BCUT2D eigenvalue weighted by Crippen LogP contribution is 2.53. The molecule has 4 saturated heterocycles. The van der Waals surface area contributed by atoms with Crippen LogP contribution in [0.5, 0.6) is 17.2 Å². The minimum Gasteiger partial charge on any atom is -0.507 e. The highest BCUT2D eigenvalue weighted by Gasteiger charge is 2.56. The Balaban J connectivity index is 1.07. The van der Waals surface area contributed by atoms with Crippen molar-refractivity contribution in [3.63, 3.8) is 0 Å². The van der Waals surface area contributed by atoms with Gasteiger partial charge in [0.15, 0.2) is 30.3 Å². The number of hydrogen-bond donors (Lipinski definition) is 4. The van der Waals surface area contributed by atoms with Crippen molar-refractivity contribution in [2.75, 3.05) is 40.5 Å². The number of phenolic OH excluding ortho intramolecular Hbond substituents is 2. The summed E-state index contributed by atoms with van der Waals surface area (Å²) in [6, 6.07) is 4.00. The average molecular weight is 796 g/mol. The number of benzene rings is 2. The lowest BCUT2D eigenvalue weighted by molar-refractivity contribution is -0.249. The summed E-state index contributed by atoms with van der Waals surface area (Å²) in [5.74, 6) is -5.93. The number of piperazine rings is 1. The molecule has 0 spiro atoms. The number of ketones is 3. The molecule has 2 aromatic carbocycles. The summed E-state index contributed by atoms with van der Waals surface area (Å²) in [7, 11) is 2.76. The molecule has 0 unspecified atom stereocenters. The SMILES string of the molecule is COc1cccc2c1C(=O)c1c(O)c3c(c(O)c1C2=O)C[C@@](O)(C(=O)CO)C[C@@H]3O[C@H]1C[C@H]2[C@H](O[C@@H]3[C@@H](OC)N(CC(=O)ON4C(=O)CCC4=O)CCN32)[C@H](C)O1. The lowest BCUT2D eigenvalue weighted by Gasteiger charge is -2.45. The monoisotopic (exact) mass is 795 g/mol. The number of hydrogen-bond acceptors (Lipinski definition) is 18. The van der Waals surface area contributed by atoms with Crippen molar-refractivity contribution in [3.05, 3.63) is 51.6 Å². The fourth-order valence-corrected chi connectivity index (χ4v) is 9.10. The summed E-state index contributed by atoms with van der Waals surface area (Å²) in [4.78, 5) is 86.4. The lowest BCUT2D eigenvalue weighted by Crippen LogP contribution is -2.61. The van der Waals surface area contributed by atoms with Gasteiger partial charge in [-0.2, -0.15) is 0 Å². The van der Waals surface area contributed by atoms with E-state index in [4.69, 9.17) is 28.5 Å². The minimum atomic E-state index is -2.31. The van der Waals surface area contributed by atoms with Crippen molar-refractivity contribution < 1.29 is 77.7 Å². The first-order chi connectivity index (χ1) is 27.2. The maximum absolute atomic E-state index is 14.0. The van der Waals surface area contributed by atoms with Crippen LogP contribution in [-0.4, -0.2) is 153 Å². The summed E-state index contributed by atoms with van der Waals surface area (Å²) in [6.45, 7) is 1.06. The number of amides is 2. The van der Waals surface area contributed by atoms with E-state index in [-0.39, 0.29) is 59.9 Å². The number of imide groups is 1. The first-order valence-electron chi connectivity index (χ1n) is 18.5. The normalized spacial score (nSPS) is 31.0. The molecule has 19 heteroatoms. The van der Waals surface area contributed by atoms with Crippen LogP contribution in [0, 0.1) is 0 Å². The molecule has 8 rings (SSSR count). The smallest absolute Gasteiger partial charge is 0.347 e. The molecule has 6 aliphatic rings. The first kappa shape index (κ1) is 39.0. The standard InChI is InChI=1S/C38H41N3O16/c1-16-35-19(40-10-9-39(36(53-3)37(40)56-35)14-25(46)57-41-23(44)7-8-24(41)45)11-26(54-16)55-21-13-38(51,22(43)15-42)12-18-28(21)34(50)30-29(32(18)48)31(47)17-5-4-6-20(52-2)27(17)33(30)49/h4-6,16,19,21,26,35-37,42,48,50-51H,7-15H2,1-3H3/t16-,19-,21-,26-,35+,36+,37+,38-/m0/s1. The molecule has 4 aliphatic heterocycles. The second kappa shape index (κ2) is 14.5. The van der Waals surface area contributed by atoms with Crippen LogP contribution in [0.2, 0.25) is 0 Å². The molecular formula is C38H41N3O16. The van der Waals surface area contributed by atoms with E-state index in [1.165, 1.54) is 32.4 Å². The van der Waals surface area contributed by atoms with Crippen LogP contribution in [0.1, 0.15) is 81.7 Å². The summed E-state index contributed by atoms with van der Waals surface area (Å²) in [5.41, 5.74) is -3.82. The van der Waals surface area contributed by atoms with Gasteiger partial charge in [-0.25, -0.2) is 4.79 Å². The van der Waals surface area contributed by atoms with Crippen molar-refractivity contribution in [3.8, 4) is 17.2 Å². The zero-order valence-corrected chi connectivity index (χ0v) is 31.2. The Morgan fingerprint density at radius 2 is 1.68 bits per heavy atom. The molecule has 0 saturated carbocycles. The van der Waals surface area contributed by atoms with E-state index in [0.717, 1.165) is 0 Å². The molecule has 0 bridgehead atoms. The highest BCUT2D eigenvalue weighted by atomic mass is 16.7. The molecule has 4 N–H and O–H groups in total. The molecule has 19 nitrogen and oxygen atoms in total. The van der Waals surface area contributed by atoms with E-state index in [9.17, 15) is 49.2 Å². The summed E-state index contributed by atoms with van der Waals surface area (Å²) >= 11 is 0. The predicted molar refractivity (Wildman–Crippen MR) is 186 cm³/mol. The average Bonchev–Trinajstić information content (AvgIpc) is 3.72. The van der Waals surface area contributed by atoms with Gasteiger partial charge in [0.25, 0.3) is 11.8 Å². The van der Waals surface area contributed by atoms with Gasteiger partial charge in [-0.3, -0.25) is 33.8 Å². The molecular weight excluding hydrogens is 754 g/mol. The summed E-state index contributed by atoms with van der Waals surface area (Å²) in [5, 5.41) is 45.5. The second-order valence-corrected chi connectivity index (χ2v) is 14.9. The first-order valence-corrected chi connectivity index (χ1v) is 18.5. The van der Waals surface area contributed by atoms with Crippen LogP contribution < -0.4 is 4.74 Å². The Kier molecular flexibility index (Phi) is 9.92. The van der Waals surface area contributed by atoms with Gasteiger partial charge in [0.05, 0.1) is 36.0 Å². The Labute approximate surface area is 324 Å². The van der Waals surface area contributed by atoms with Gasteiger partial charge >= 0.3 is 5.97 Å². The van der Waals surface area contributed by atoms with Gasteiger partial charge in [-0.15, -0.1) is 5.06 Å². The number of methoxy groups -OCH3 is 2. The van der Waals surface area contributed by atoms with Crippen molar-refractivity contribution in [1.29, 1.82) is 0 Å². The Morgan fingerprint density at radius 1 is 0.965 bits per heavy atom. The number of phenols is 2. The van der Waals surface area contributed by atoms with Gasteiger partial charge < -0.3 is 48.9 Å². The number of fused-ring (bicyclic) bond motifs is 6. The number of aliphatic hydroxyl groups is 2. The van der Waals surface area contributed by atoms with Gasteiger partial charge in [-0.05, 0) is 13.0 Å². The largest absolute Gasteiger partial charge is 0.507 e. The lowest BCUT2D eigenvalue weighted by atomic mass is 9.72. The third kappa shape index (κ3) is 6.20. The third-order valence-electron chi connectivity index (χ3n) is 11.8. The predicted octanol–water partition coefficient (Wildman–Crippen LogP) is -0.396. The Morgan fingerprint density at radius 3 is 2.37 bits per heavy atom. The van der Waals surface area contributed by atoms with Crippen molar-refractivity contribution in [2.24, 2.45) is 0 Å². The number of Topliss-reactive ketones (excluding diaryl/α,β-unsaturated/α-hetero) is 1. The van der Waals surface area contributed by atoms with Gasteiger partial charge in [0, 0.05) is 75.0 Å². The van der Waals surface area contributed by atoms with Crippen molar-refractivity contribution in [2.45, 2.75) is 87.7 Å². The van der Waals surface area contributed by atoms with E-state index >= 15 is 0 Å². The molecule has 2 amide bonds. The van der Waals surface area contributed by atoms with E-state index < -0.39 is 120 Å². The van der Waals surface area contributed by atoms with Crippen LogP contribution in [-0.2, 0) is 49.4 Å². The van der Waals surface area contributed by atoms with Gasteiger partial charge in [0.1, 0.15) is 42.1 Å². The van der Waals surface area contributed by atoms with E-state index in [0.29, 0.717) is 18.2 Å². The number of hydroxylamine groups is 2. The van der Waals surface area contributed by atoms with Crippen molar-refractivity contribution in [1.82, 2.24) is 14.9 Å². The Hall–Kier alpha value is -4.86. The van der Waals surface area contributed by atoms with E-state index in [2.05, 4.69) is 0 Å². The number of aromatic hydroxyl groups is 2. The van der Waals surface area contributed by atoms with E-state index in [1.807, 2.05) is 4.90 Å². The highest BCUT2D eigenvalue weighted by molar-refractivity contribution is 6.31. The molecule has 2 aliphatic carbocycles. The van der Waals surface area contributed by atoms with Crippen LogP contribution >= 0.6 is 0 Å². The number of ether oxygens (including phenoxy) is 5. The molecule has 304 valence electrons. The second-order valence-electron chi connectivity index (χ2n) is 14.9. The summed E-state index contributed by atoms with van der Waals surface area (Å²) in [6.07, 6.45) is -6.16. The van der Waals surface area contributed by atoms with Crippen LogP contribution in [0.3, 0.4) is 0 Å². The third-order valence-corrected chi connectivity index (χ3v) is 11.8. The molecule has 57 heavy (non-hydrogen) atoms. The zero-order valence-electron chi connectivity index (χ0n) is 31.2. The molecule has 2 aromatic rings. The molecule has 8 atom stereocenters. The maximum Gasteiger partial charge on any atom is 0.347 e. The van der Waals surface area contributed by atoms with Gasteiger partial charge in [0.2, 0.25) is 5.78 Å². The number of rotatable bonds is 9.